The van der Waals surface area contributed by atoms with E-state index in [4.69, 9.17) is 10.5 Å². The van der Waals surface area contributed by atoms with E-state index < -0.39 is 6.10 Å². The molecule has 12 heavy (non-hydrogen) atoms. The zero-order valence-corrected chi connectivity index (χ0v) is 8.43. The first-order chi connectivity index (χ1) is 5.59. The Morgan fingerprint density at radius 1 is 1.58 bits per heavy atom. The average molecular weight is 191 g/mol. The summed E-state index contributed by atoms with van der Waals surface area (Å²) < 4.78 is 5.69. The normalized spacial score (nSPS) is 26.0. The molecule has 1 saturated heterocycles. The fourth-order valence-corrected chi connectivity index (χ4v) is 2.09. The highest BCUT2D eigenvalue weighted by Gasteiger charge is 2.39. The van der Waals surface area contributed by atoms with E-state index in [1.165, 1.54) is 0 Å². The average Bonchev–Trinajstić information content (AvgIpc) is 1.96. The molecule has 2 atom stereocenters. The summed E-state index contributed by atoms with van der Waals surface area (Å²) in [5.74, 6) is 1.92. The van der Waals surface area contributed by atoms with E-state index in [0.29, 0.717) is 6.54 Å². The van der Waals surface area contributed by atoms with Crippen molar-refractivity contribution >= 4 is 11.8 Å². The number of aliphatic hydroxyl groups is 1. The number of nitrogens with two attached hydrogens (primary N) is 1. The van der Waals surface area contributed by atoms with Gasteiger partial charge in [-0.25, -0.2) is 0 Å². The summed E-state index contributed by atoms with van der Waals surface area (Å²) in [6.45, 7) is 4.17. The van der Waals surface area contributed by atoms with Gasteiger partial charge in [-0.2, -0.15) is 11.8 Å². The third-order valence-corrected chi connectivity index (χ3v) is 3.68. The molecule has 0 aliphatic carbocycles. The van der Waals surface area contributed by atoms with Gasteiger partial charge in [-0.15, -0.1) is 0 Å². The van der Waals surface area contributed by atoms with Crippen molar-refractivity contribution in [2.45, 2.75) is 31.7 Å². The van der Waals surface area contributed by atoms with Gasteiger partial charge in [-0.1, -0.05) is 0 Å². The van der Waals surface area contributed by atoms with Gasteiger partial charge >= 0.3 is 0 Å². The quantitative estimate of drug-likeness (QED) is 0.667. The standard InChI is InChI=1S/C8H17NO2S/c1-6(10)7(2)11-8(3-9)4-12-5-8/h6-7,10H,3-5,9H2,1-2H3. The first-order valence-corrected chi connectivity index (χ1v) is 5.39. The molecule has 0 aromatic carbocycles. The van der Waals surface area contributed by atoms with Crippen LogP contribution in [0, 0.1) is 0 Å². The van der Waals surface area contributed by atoms with Crippen LogP contribution < -0.4 is 5.73 Å². The van der Waals surface area contributed by atoms with Gasteiger partial charge in [0.25, 0.3) is 0 Å². The lowest BCUT2D eigenvalue weighted by molar-refractivity contribution is -0.101. The molecule has 0 aromatic heterocycles. The number of hydrogen-bond acceptors (Lipinski definition) is 4. The molecule has 0 aromatic rings. The van der Waals surface area contributed by atoms with Gasteiger partial charge in [-0.05, 0) is 13.8 Å². The van der Waals surface area contributed by atoms with Crippen molar-refractivity contribution in [1.82, 2.24) is 0 Å². The van der Waals surface area contributed by atoms with Gasteiger partial charge in [0.1, 0.15) is 0 Å². The molecule has 0 bridgehead atoms. The van der Waals surface area contributed by atoms with E-state index in [1.54, 1.807) is 6.92 Å². The summed E-state index contributed by atoms with van der Waals surface area (Å²) in [5.41, 5.74) is 5.45. The number of thioether (sulfide) groups is 1. The monoisotopic (exact) mass is 191 g/mol. The first-order valence-electron chi connectivity index (χ1n) is 4.23. The van der Waals surface area contributed by atoms with E-state index in [0.717, 1.165) is 11.5 Å². The van der Waals surface area contributed by atoms with Crippen LogP contribution in [0.1, 0.15) is 13.8 Å². The van der Waals surface area contributed by atoms with Gasteiger partial charge in [-0.3, -0.25) is 0 Å². The van der Waals surface area contributed by atoms with Crippen LogP contribution in [0.2, 0.25) is 0 Å². The third-order valence-electron chi connectivity index (χ3n) is 2.22. The van der Waals surface area contributed by atoms with E-state index in [-0.39, 0.29) is 11.7 Å². The van der Waals surface area contributed by atoms with Crippen LogP contribution in [-0.4, -0.2) is 41.0 Å². The molecule has 72 valence electrons. The van der Waals surface area contributed by atoms with E-state index in [2.05, 4.69) is 0 Å². The first kappa shape index (κ1) is 10.3. The van der Waals surface area contributed by atoms with E-state index >= 15 is 0 Å². The smallest absolute Gasteiger partial charge is 0.0988 e. The number of rotatable bonds is 4. The summed E-state index contributed by atoms with van der Waals surface area (Å²) in [4.78, 5) is 0. The summed E-state index contributed by atoms with van der Waals surface area (Å²) in [5, 5.41) is 9.23. The summed E-state index contributed by atoms with van der Waals surface area (Å²) in [6, 6.07) is 0. The molecule has 3 N–H and O–H groups in total. The van der Waals surface area contributed by atoms with Crippen molar-refractivity contribution < 1.29 is 9.84 Å². The van der Waals surface area contributed by atoms with Gasteiger partial charge in [0.05, 0.1) is 17.8 Å². The molecule has 2 unspecified atom stereocenters. The van der Waals surface area contributed by atoms with Crippen LogP contribution in [-0.2, 0) is 4.74 Å². The van der Waals surface area contributed by atoms with E-state index in [1.807, 2.05) is 18.7 Å². The SMILES string of the molecule is CC(O)C(C)OC1(CN)CSC1. The van der Waals surface area contributed by atoms with Crippen molar-refractivity contribution in [1.29, 1.82) is 0 Å². The van der Waals surface area contributed by atoms with Crippen molar-refractivity contribution in [3.05, 3.63) is 0 Å². The van der Waals surface area contributed by atoms with Crippen molar-refractivity contribution in [3.63, 3.8) is 0 Å². The Morgan fingerprint density at radius 3 is 2.42 bits per heavy atom. The zero-order chi connectivity index (χ0) is 9.19. The Balaban J connectivity index is 2.37. The van der Waals surface area contributed by atoms with Crippen molar-refractivity contribution in [2.24, 2.45) is 5.73 Å². The highest BCUT2D eigenvalue weighted by molar-refractivity contribution is 8.00. The van der Waals surface area contributed by atoms with Crippen LogP contribution in [0.4, 0.5) is 0 Å². The van der Waals surface area contributed by atoms with Crippen LogP contribution in [0.5, 0.6) is 0 Å². The van der Waals surface area contributed by atoms with Gasteiger partial charge < -0.3 is 15.6 Å². The largest absolute Gasteiger partial charge is 0.391 e. The van der Waals surface area contributed by atoms with Gasteiger partial charge in [0.2, 0.25) is 0 Å². The summed E-state index contributed by atoms with van der Waals surface area (Å²) >= 11 is 1.84. The fourth-order valence-electron chi connectivity index (χ4n) is 1.06. The Hall–Kier alpha value is 0.230. The molecule has 3 nitrogen and oxygen atoms in total. The second-order valence-corrected chi connectivity index (χ2v) is 4.43. The summed E-state index contributed by atoms with van der Waals surface area (Å²) in [7, 11) is 0. The maximum absolute atomic E-state index is 9.23. The minimum atomic E-state index is -0.418. The Kier molecular flexibility index (Phi) is 3.40. The molecule has 0 amide bonds. The van der Waals surface area contributed by atoms with E-state index in [9.17, 15) is 5.11 Å². The van der Waals surface area contributed by atoms with Crippen LogP contribution in [0.3, 0.4) is 0 Å². The second kappa shape index (κ2) is 3.96. The Labute approximate surface area is 77.7 Å². The predicted octanol–water partition coefficient (Wildman–Crippen LogP) is 0.217. The lowest BCUT2D eigenvalue weighted by Crippen LogP contribution is -2.54. The highest BCUT2D eigenvalue weighted by atomic mass is 32.2. The molecule has 1 rings (SSSR count). The van der Waals surface area contributed by atoms with Crippen LogP contribution in [0.25, 0.3) is 0 Å². The zero-order valence-electron chi connectivity index (χ0n) is 7.62. The molecule has 1 aliphatic rings. The van der Waals surface area contributed by atoms with Crippen LogP contribution in [0.15, 0.2) is 0 Å². The predicted molar refractivity (Wildman–Crippen MR) is 51.3 cm³/mol. The molecule has 1 heterocycles. The fraction of sp³-hybridized carbons (Fsp3) is 1.00. The molecular formula is C8H17NO2S. The molecule has 0 saturated carbocycles. The number of ether oxygens (including phenoxy) is 1. The lowest BCUT2D eigenvalue weighted by atomic mass is 10.1. The molecule has 0 radical (unpaired) electrons. The van der Waals surface area contributed by atoms with Crippen molar-refractivity contribution in [2.75, 3.05) is 18.1 Å². The topological polar surface area (TPSA) is 55.5 Å². The molecule has 1 fully saturated rings. The molecular weight excluding hydrogens is 174 g/mol. The second-order valence-electron chi connectivity index (χ2n) is 3.44. The minimum absolute atomic E-state index is 0.116. The van der Waals surface area contributed by atoms with Crippen LogP contribution >= 0.6 is 11.8 Å². The maximum atomic E-state index is 9.23. The maximum Gasteiger partial charge on any atom is 0.0988 e. The van der Waals surface area contributed by atoms with Gasteiger partial charge in [0.15, 0.2) is 0 Å². The molecule has 1 aliphatic heterocycles. The van der Waals surface area contributed by atoms with Gasteiger partial charge in [0, 0.05) is 18.1 Å². The third kappa shape index (κ3) is 2.13. The Morgan fingerprint density at radius 2 is 2.17 bits per heavy atom. The summed E-state index contributed by atoms with van der Waals surface area (Å²) in [6.07, 6.45) is -0.534. The molecule has 0 spiro atoms. The lowest BCUT2D eigenvalue weighted by Gasteiger charge is -2.42. The number of hydrogen-bond donors (Lipinski definition) is 2. The molecule has 4 heteroatoms. The number of aliphatic hydroxyl groups excluding tert-OH is 1. The Bertz CT molecular complexity index is 142. The van der Waals surface area contributed by atoms with Crippen molar-refractivity contribution in [3.8, 4) is 0 Å². The minimum Gasteiger partial charge on any atom is -0.391 e. The highest BCUT2D eigenvalue weighted by Crippen LogP contribution is 2.33.